The molecule has 0 amide bonds. The van der Waals surface area contributed by atoms with Crippen LogP contribution in [0.5, 0.6) is 0 Å². The molecule has 4 nitrogen and oxygen atoms in total. The fraction of sp³-hybridized carbons (Fsp3) is 0.500. The molecule has 1 aliphatic rings. The van der Waals surface area contributed by atoms with Gasteiger partial charge in [-0.2, -0.15) is 0 Å². The maximum absolute atomic E-state index is 11.7. The van der Waals surface area contributed by atoms with Gasteiger partial charge in [0.15, 0.2) is 0 Å². The van der Waals surface area contributed by atoms with Gasteiger partial charge in [0.25, 0.3) is 0 Å². The van der Waals surface area contributed by atoms with E-state index in [4.69, 9.17) is 5.73 Å². The van der Waals surface area contributed by atoms with Crippen LogP contribution in [0.15, 0.2) is 30.3 Å². The molecule has 0 aliphatic heterocycles. The van der Waals surface area contributed by atoms with Crippen LogP contribution in [0.3, 0.4) is 0 Å². The highest BCUT2D eigenvalue weighted by Crippen LogP contribution is 2.40. The largest absolute Gasteiger partial charge is 0.330 e. The molecule has 0 radical (unpaired) electrons. The lowest BCUT2D eigenvalue weighted by molar-refractivity contribution is 0.577. The monoisotopic (exact) mass is 254 g/mol. The Bertz CT molecular complexity index is 459. The first kappa shape index (κ1) is 12.5. The Kier molecular flexibility index (Phi) is 3.81. The maximum atomic E-state index is 11.7. The summed E-state index contributed by atoms with van der Waals surface area (Å²) >= 11 is 0. The molecular formula is C12H18N2O2S. The van der Waals surface area contributed by atoms with E-state index in [2.05, 4.69) is 4.72 Å². The molecule has 1 saturated carbocycles. The zero-order valence-electron chi connectivity index (χ0n) is 9.67. The van der Waals surface area contributed by atoms with Gasteiger partial charge in [-0.05, 0) is 24.9 Å². The van der Waals surface area contributed by atoms with Crippen molar-refractivity contribution in [3.8, 4) is 0 Å². The number of nitrogens with two attached hydrogens (primary N) is 1. The van der Waals surface area contributed by atoms with Gasteiger partial charge in [0.05, 0.1) is 5.75 Å². The van der Waals surface area contributed by atoms with Crippen molar-refractivity contribution in [3.05, 3.63) is 35.9 Å². The van der Waals surface area contributed by atoms with E-state index in [1.54, 1.807) is 0 Å². The van der Waals surface area contributed by atoms with Crippen molar-refractivity contribution in [1.82, 2.24) is 4.72 Å². The molecule has 0 aromatic heterocycles. The Hall–Kier alpha value is -0.910. The normalized spacial score (nSPS) is 23.6. The van der Waals surface area contributed by atoms with Gasteiger partial charge in [-0.15, -0.1) is 0 Å². The summed E-state index contributed by atoms with van der Waals surface area (Å²) in [4.78, 5) is 0. The fourth-order valence-electron chi connectivity index (χ4n) is 1.96. The van der Waals surface area contributed by atoms with Gasteiger partial charge < -0.3 is 5.73 Å². The minimum Gasteiger partial charge on any atom is -0.330 e. The zero-order chi connectivity index (χ0) is 12.3. The second kappa shape index (κ2) is 5.16. The lowest BCUT2D eigenvalue weighted by Crippen LogP contribution is -2.30. The standard InChI is InChI=1S/C12H18N2O2S/c13-7-4-8-17(15,16)14-12-9-11(12)10-5-2-1-3-6-10/h1-3,5-6,11-12,14H,4,7-9,13H2. The number of hydrogen-bond donors (Lipinski definition) is 2. The summed E-state index contributed by atoms with van der Waals surface area (Å²) in [6.45, 7) is 0.410. The number of hydrogen-bond acceptors (Lipinski definition) is 3. The summed E-state index contributed by atoms with van der Waals surface area (Å²) in [5.74, 6) is 0.463. The SMILES string of the molecule is NCCCS(=O)(=O)NC1CC1c1ccccc1. The third-order valence-corrected chi connectivity index (χ3v) is 4.45. The Morgan fingerprint density at radius 2 is 2.00 bits per heavy atom. The molecule has 17 heavy (non-hydrogen) atoms. The van der Waals surface area contributed by atoms with Crippen LogP contribution >= 0.6 is 0 Å². The average Bonchev–Trinajstić information content (AvgIpc) is 3.06. The zero-order valence-corrected chi connectivity index (χ0v) is 10.5. The van der Waals surface area contributed by atoms with Crippen molar-refractivity contribution in [2.45, 2.75) is 24.8 Å². The second-order valence-corrected chi connectivity index (χ2v) is 6.31. The minimum absolute atomic E-state index is 0.0696. The molecule has 5 heteroatoms. The summed E-state index contributed by atoms with van der Waals surface area (Å²) in [5.41, 5.74) is 6.52. The number of nitrogens with one attached hydrogen (secondary N) is 1. The Morgan fingerprint density at radius 3 is 2.65 bits per heavy atom. The Balaban J connectivity index is 1.88. The van der Waals surface area contributed by atoms with E-state index >= 15 is 0 Å². The predicted octanol–water partition coefficient (Wildman–Crippen LogP) is 0.811. The summed E-state index contributed by atoms with van der Waals surface area (Å²) in [5, 5.41) is 0. The molecule has 0 spiro atoms. The lowest BCUT2D eigenvalue weighted by Gasteiger charge is -2.05. The highest BCUT2D eigenvalue weighted by atomic mass is 32.2. The molecular weight excluding hydrogens is 236 g/mol. The Morgan fingerprint density at radius 1 is 1.29 bits per heavy atom. The average molecular weight is 254 g/mol. The number of benzene rings is 1. The van der Waals surface area contributed by atoms with Crippen LogP contribution in [0, 0.1) is 0 Å². The molecule has 94 valence electrons. The van der Waals surface area contributed by atoms with Gasteiger partial charge in [-0.3, -0.25) is 0 Å². The molecule has 2 rings (SSSR count). The van der Waals surface area contributed by atoms with Crippen molar-refractivity contribution in [2.75, 3.05) is 12.3 Å². The predicted molar refractivity (Wildman–Crippen MR) is 68.2 cm³/mol. The van der Waals surface area contributed by atoms with Gasteiger partial charge >= 0.3 is 0 Å². The van der Waals surface area contributed by atoms with Crippen LogP contribution in [0.1, 0.15) is 24.3 Å². The summed E-state index contributed by atoms with van der Waals surface area (Å²) in [6, 6.07) is 10.1. The smallest absolute Gasteiger partial charge is 0.211 e. The van der Waals surface area contributed by atoms with Gasteiger partial charge in [0, 0.05) is 12.0 Å². The van der Waals surface area contributed by atoms with Gasteiger partial charge in [-0.1, -0.05) is 30.3 Å². The van der Waals surface area contributed by atoms with Crippen LogP contribution in [0.25, 0.3) is 0 Å². The summed E-state index contributed by atoms with van der Waals surface area (Å²) in [7, 11) is -3.15. The van der Waals surface area contributed by atoms with Crippen molar-refractivity contribution in [2.24, 2.45) is 5.73 Å². The molecule has 1 aromatic rings. The third kappa shape index (κ3) is 3.52. The molecule has 1 aromatic carbocycles. The first-order valence-electron chi connectivity index (χ1n) is 5.87. The number of rotatable bonds is 6. The Labute approximate surface area is 102 Å². The minimum atomic E-state index is -3.15. The highest BCUT2D eigenvalue weighted by molar-refractivity contribution is 7.89. The topological polar surface area (TPSA) is 72.2 Å². The van der Waals surface area contributed by atoms with E-state index in [1.165, 1.54) is 5.56 Å². The van der Waals surface area contributed by atoms with E-state index in [-0.39, 0.29) is 11.8 Å². The van der Waals surface area contributed by atoms with Crippen LogP contribution in [0.2, 0.25) is 0 Å². The van der Waals surface area contributed by atoms with Crippen molar-refractivity contribution in [3.63, 3.8) is 0 Å². The maximum Gasteiger partial charge on any atom is 0.211 e. The summed E-state index contributed by atoms with van der Waals surface area (Å²) < 4.78 is 26.0. The molecule has 1 aliphatic carbocycles. The van der Waals surface area contributed by atoms with Crippen LogP contribution in [-0.4, -0.2) is 26.8 Å². The summed E-state index contributed by atoms with van der Waals surface area (Å²) in [6.07, 6.45) is 1.41. The van der Waals surface area contributed by atoms with Crippen molar-refractivity contribution in [1.29, 1.82) is 0 Å². The van der Waals surface area contributed by atoms with E-state index in [1.807, 2.05) is 30.3 Å². The highest BCUT2D eigenvalue weighted by Gasteiger charge is 2.40. The van der Waals surface area contributed by atoms with Gasteiger partial charge in [0.2, 0.25) is 10.0 Å². The second-order valence-electron chi connectivity index (χ2n) is 4.44. The lowest BCUT2D eigenvalue weighted by atomic mass is 10.1. The molecule has 2 atom stereocenters. The van der Waals surface area contributed by atoms with Gasteiger partial charge in [-0.25, -0.2) is 13.1 Å². The molecule has 3 N–H and O–H groups in total. The van der Waals surface area contributed by atoms with Crippen LogP contribution in [-0.2, 0) is 10.0 Å². The van der Waals surface area contributed by atoms with Crippen molar-refractivity contribution >= 4 is 10.0 Å². The first-order chi connectivity index (χ1) is 8.12. The molecule has 0 heterocycles. The van der Waals surface area contributed by atoms with Gasteiger partial charge in [0.1, 0.15) is 0 Å². The van der Waals surface area contributed by atoms with E-state index in [9.17, 15) is 8.42 Å². The quantitative estimate of drug-likeness (QED) is 0.789. The van der Waals surface area contributed by atoms with Crippen LogP contribution in [0.4, 0.5) is 0 Å². The van der Waals surface area contributed by atoms with Crippen molar-refractivity contribution < 1.29 is 8.42 Å². The van der Waals surface area contributed by atoms with Crippen LogP contribution < -0.4 is 10.5 Å². The first-order valence-corrected chi connectivity index (χ1v) is 7.52. The fourth-order valence-corrected chi connectivity index (χ4v) is 3.34. The molecule has 0 saturated heterocycles. The molecule has 0 bridgehead atoms. The molecule has 1 fully saturated rings. The van der Waals surface area contributed by atoms with E-state index in [0.29, 0.717) is 18.9 Å². The van der Waals surface area contributed by atoms with E-state index < -0.39 is 10.0 Å². The van der Waals surface area contributed by atoms with E-state index in [0.717, 1.165) is 6.42 Å². The number of sulfonamides is 1. The third-order valence-electron chi connectivity index (χ3n) is 2.97. The molecule has 2 unspecified atom stereocenters.